The van der Waals surface area contributed by atoms with Gasteiger partial charge in [-0.1, -0.05) is 19.8 Å². The van der Waals surface area contributed by atoms with Crippen molar-refractivity contribution in [2.75, 3.05) is 32.8 Å². The van der Waals surface area contributed by atoms with Crippen LogP contribution in [0.2, 0.25) is 0 Å². The molecule has 1 saturated heterocycles. The van der Waals surface area contributed by atoms with E-state index in [1.165, 1.54) is 32.4 Å². The van der Waals surface area contributed by atoms with Gasteiger partial charge in [0.25, 0.3) is 0 Å². The number of piperazine rings is 1. The van der Waals surface area contributed by atoms with Gasteiger partial charge in [0.2, 0.25) is 0 Å². The second-order valence-electron chi connectivity index (χ2n) is 4.06. The number of unbranched alkanes of at least 4 members (excludes halogenated alkanes) is 2. The van der Waals surface area contributed by atoms with Crippen molar-refractivity contribution in [2.24, 2.45) is 0 Å². The van der Waals surface area contributed by atoms with E-state index in [2.05, 4.69) is 17.1 Å². The van der Waals surface area contributed by atoms with Crippen LogP contribution in [0.4, 0.5) is 0 Å². The van der Waals surface area contributed by atoms with Gasteiger partial charge in [-0.15, -0.1) is 0 Å². The molecule has 0 saturated carbocycles. The van der Waals surface area contributed by atoms with Crippen molar-refractivity contribution in [1.29, 1.82) is 0 Å². The maximum Gasteiger partial charge on any atom is 0.0431 e. The van der Waals surface area contributed by atoms with Crippen LogP contribution in [0.25, 0.3) is 0 Å². The van der Waals surface area contributed by atoms with E-state index in [1.807, 2.05) is 0 Å². The normalized spacial score (nSPS) is 24.0. The lowest BCUT2D eigenvalue weighted by Crippen LogP contribution is -2.50. The lowest BCUT2D eigenvalue weighted by molar-refractivity contribution is 0.157. The molecule has 1 heterocycles. The summed E-state index contributed by atoms with van der Waals surface area (Å²) in [5.41, 5.74) is 0. The molecule has 0 aromatic carbocycles. The van der Waals surface area contributed by atoms with Gasteiger partial charge in [-0.2, -0.15) is 0 Å². The first-order valence-electron chi connectivity index (χ1n) is 5.94. The average molecular weight is 200 g/mol. The fourth-order valence-corrected chi connectivity index (χ4v) is 2.17. The summed E-state index contributed by atoms with van der Waals surface area (Å²) < 4.78 is 0. The summed E-state index contributed by atoms with van der Waals surface area (Å²) in [6.07, 6.45) is 4.67. The van der Waals surface area contributed by atoms with Crippen molar-refractivity contribution < 1.29 is 5.11 Å². The van der Waals surface area contributed by atoms with Crippen LogP contribution in [0.3, 0.4) is 0 Å². The topological polar surface area (TPSA) is 35.5 Å². The van der Waals surface area contributed by atoms with Crippen LogP contribution in [0.5, 0.6) is 0 Å². The lowest BCUT2D eigenvalue weighted by Gasteiger charge is -2.35. The molecule has 1 aliphatic rings. The zero-order valence-electron chi connectivity index (χ0n) is 9.34. The SMILES string of the molecule is CCN1CCNCC1CCCCCO. The van der Waals surface area contributed by atoms with Gasteiger partial charge in [0.15, 0.2) is 0 Å². The van der Waals surface area contributed by atoms with Crippen molar-refractivity contribution in [3.63, 3.8) is 0 Å². The second kappa shape index (κ2) is 7.21. The van der Waals surface area contributed by atoms with E-state index in [-0.39, 0.29) is 0 Å². The second-order valence-corrected chi connectivity index (χ2v) is 4.06. The molecule has 0 aliphatic carbocycles. The Bertz CT molecular complexity index is 141. The smallest absolute Gasteiger partial charge is 0.0431 e. The van der Waals surface area contributed by atoms with Gasteiger partial charge in [0.05, 0.1) is 0 Å². The first kappa shape index (κ1) is 12.0. The van der Waals surface area contributed by atoms with Crippen LogP contribution >= 0.6 is 0 Å². The summed E-state index contributed by atoms with van der Waals surface area (Å²) in [4.78, 5) is 2.56. The molecular weight excluding hydrogens is 176 g/mol. The zero-order valence-corrected chi connectivity index (χ0v) is 9.34. The van der Waals surface area contributed by atoms with E-state index in [0.29, 0.717) is 6.61 Å². The third kappa shape index (κ3) is 3.95. The van der Waals surface area contributed by atoms with Crippen LogP contribution in [0, 0.1) is 0 Å². The van der Waals surface area contributed by atoms with Crippen molar-refractivity contribution in [3.05, 3.63) is 0 Å². The summed E-state index contributed by atoms with van der Waals surface area (Å²) >= 11 is 0. The summed E-state index contributed by atoms with van der Waals surface area (Å²) in [7, 11) is 0. The van der Waals surface area contributed by atoms with E-state index in [9.17, 15) is 0 Å². The predicted octanol–water partition coefficient (Wildman–Crippen LogP) is 0.833. The number of nitrogens with zero attached hydrogens (tertiary/aromatic N) is 1. The maximum absolute atomic E-state index is 8.68. The quantitative estimate of drug-likeness (QED) is 0.624. The fraction of sp³-hybridized carbons (Fsp3) is 1.00. The van der Waals surface area contributed by atoms with Gasteiger partial charge in [-0.25, -0.2) is 0 Å². The first-order valence-corrected chi connectivity index (χ1v) is 5.94. The largest absolute Gasteiger partial charge is 0.396 e. The molecule has 0 amide bonds. The highest BCUT2D eigenvalue weighted by Crippen LogP contribution is 2.11. The van der Waals surface area contributed by atoms with Gasteiger partial charge in [0, 0.05) is 32.3 Å². The molecule has 0 aromatic heterocycles. The Morgan fingerprint density at radius 2 is 2.21 bits per heavy atom. The number of hydrogen-bond donors (Lipinski definition) is 2. The Kier molecular flexibility index (Phi) is 6.15. The standard InChI is InChI=1S/C11H24N2O/c1-2-13-8-7-12-10-11(13)6-4-3-5-9-14/h11-12,14H,2-10H2,1H3. The van der Waals surface area contributed by atoms with Gasteiger partial charge in [0.1, 0.15) is 0 Å². The van der Waals surface area contributed by atoms with E-state index in [1.54, 1.807) is 0 Å². The molecular formula is C11H24N2O. The molecule has 0 bridgehead atoms. The number of nitrogens with one attached hydrogen (secondary N) is 1. The highest BCUT2D eigenvalue weighted by molar-refractivity contribution is 4.78. The Balaban J connectivity index is 2.13. The van der Waals surface area contributed by atoms with E-state index in [0.717, 1.165) is 25.6 Å². The maximum atomic E-state index is 8.68. The Labute approximate surface area is 87.5 Å². The molecule has 1 aliphatic heterocycles. The molecule has 84 valence electrons. The summed E-state index contributed by atoms with van der Waals surface area (Å²) in [5.74, 6) is 0. The Morgan fingerprint density at radius 3 is 2.93 bits per heavy atom. The van der Waals surface area contributed by atoms with E-state index >= 15 is 0 Å². The van der Waals surface area contributed by atoms with Crippen LogP contribution in [-0.4, -0.2) is 48.8 Å². The molecule has 1 rings (SSSR count). The third-order valence-electron chi connectivity index (χ3n) is 3.07. The minimum atomic E-state index is 0.348. The van der Waals surface area contributed by atoms with Gasteiger partial charge in [-0.3, -0.25) is 4.90 Å². The van der Waals surface area contributed by atoms with Crippen molar-refractivity contribution >= 4 is 0 Å². The van der Waals surface area contributed by atoms with E-state index in [4.69, 9.17) is 5.11 Å². The molecule has 3 nitrogen and oxygen atoms in total. The minimum absolute atomic E-state index is 0.348. The summed E-state index contributed by atoms with van der Waals surface area (Å²) in [6.45, 7) is 7.24. The molecule has 0 spiro atoms. The third-order valence-corrected chi connectivity index (χ3v) is 3.07. The van der Waals surface area contributed by atoms with Crippen LogP contribution in [-0.2, 0) is 0 Å². The molecule has 0 aromatic rings. The number of likely N-dealkylation sites (N-methyl/N-ethyl adjacent to an activating group) is 1. The number of aliphatic hydroxyl groups excluding tert-OH is 1. The van der Waals surface area contributed by atoms with Crippen LogP contribution in [0.1, 0.15) is 32.6 Å². The van der Waals surface area contributed by atoms with Crippen molar-refractivity contribution in [2.45, 2.75) is 38.6 Å². The minimum Gasteiger partial charge on any atom is -0.396 e. The average Bonchev–Trinajstić information content (AvgIpc) is 2.25. The molecule has 14 heavy (non-hydrogen) atoms. The van der Waals surface area contributed by atoms with E-state index < -0.39 is 0 Å². The highest BCUT2D eigenvalue weighted by Gasteiger charge is 2.19. The van der Waals surface area contributed by atoms with Crippen molar-refractivity contribution in [3.8, 4) is 0 Å². The molecule has 1 fully saturated rings. The van der Waals surface area contributed by atoms with Crippen molar-refractivity contribution in [1.82, 2.24) is 10.2 Å². The Hall–Kier alpha value is -0.120. The van der Waals surface area contributed by atoms with Gasteiger partial charge in [-0.05, 0) is 19.4 Å². The molecule has 1 unspecified atom stereocenters. The highest BCUT2D eigenvalue weighted by atomic mass is 16.2. The van der Waals surface area contributed by atoms with Crippen LogP contribution in [0.15, 0.2) is 0 Å². The molecule has 1 atom stereocenters. The number of rotatable bonds is 6. The van der Waals surface area contributed by atoms with Crippen LogP contribution < -0.4 is 5.32 Å². The number of aliphatic hydroxyl groups is 1. The Morgan fingerprint density at radius 1 is 1.36 bits per heavy atom. The summed E-state index contributed by atoms with van der Waals surface area (Å²) in [6, 6.07) is 0.729. The van der Waals surface area contributed by atoms with Gasteiger partial charge >= 0.3 is 0 Å². The van der Waals surface area contributed by atoms with Gasteiger partial charge < -0.3 is 10.4 Å². The molecule has 3 heteroatoms. The summed E-state index contributed by atoms with van der Waals surface area (Å²) in [5, 5.41) is 12.1. The monoisotopic (exact) mass is 200 g/mol. The number of hydrogen-bond acceptors (Lipinski definition) is 3. The molecule has 0 radical (unpaired) electrons. The molecule has 2 N–H and O–H groups in total. The zero-order chi connectivity index (χ0) is 10.2. The predicted molar refractivity (Wildman–Crippen MR) is 59.5 cm³/mol. The fourth-order valence-electron chi connectivity index (χ4n) is 2.17. The first-order chi connectivity index (χ1) is 6.88. The lowest BCUT2D eigenvalue weighted by atomic mass is 10.1.